The third kappa shape index (κ3) is 2.48. The molecule has 0 radical (unpaired) electrons. The minimum absolute atomic E-state index is 0.875. The van der Waals surface area contributed by atoms with Crippen molar-refractivity contribution in [2.45, 2.75) is 40.0 Å². The summed E-state index contributed by atoms with van der Waals surface area (Å²) in [6.07, 6.45) is 4.07. The molecule has 1 aliphatic carbocycles. The molecule has 12 heavy (non-hydrogen) atoms. The first-order chi connectivity index (χ1) is 5.81. The van der Waals surface area contributed by atoms with E-state index in [9.17, 15) is 0 Å². The summed E-state index contributed by atoms with van der Waals surface area (Å²) in [4.78, 5) is 0. The first-order valence-electron chi connectivity index (χ1n) is 5.39. The number of hydrogen-bond acceptors (Lipinski definition) is 1. The first kappa shape index (κ1) is 10.0. The zero-order valence-electron chi connectivity index (χ0n) is 8.68. The molecule has 0 heterocycles. The quantitative estimate of drug-likeness (QED) is 0.557. The Morgan fingerprint density at radius 3 is 2.33 bits per heavy atom. The van der Waals surface area contributed by atoms with E-state index < -0.39 is 0 Å². The molecule has 1 nitrogen and oxygen atoms in total. The summed E-state index contributed by atoms with van der Waals surface area (Å²) in [5.41, 5.74) is 0. The highest BCUT2D eigenvalue weighted by molar-refractivity contribution is 4.93. The molecule has 1 aliphatic rings. The van der Waals surface area contributed by atoms with E-state index in [0.717, 1.165) is 31.0 Å². The summed E-state index contributed by atoms with van der Waals surface area (Å²) < 4.78 is 5.36. The van der Waals surface area contributed by atoms with Crippen LogP contribution in [0.1, 0.15) is 40.0 Å². The van der Waals surface area contributed by atoms with Crippen LogP contribution in [-0.2, 0) is 4.74 Å². The lowest BCUT2D eigenvalue weighted by Crippen LogP contribution is -1.95. The molecule has 1 heteroatoms. The maximum atomic E-state index is 5.36. The predicted octanol–water partition coefficient (Wildman–Crippen LogP) is 3.10. The molecule has 0 bridgehead atoms. The van der Waals surface area contributed by atoms with Crippen LogP contribution in [0.15, 0.2) is 0 Å². The average molecular weight is 170 g/mol. The lowest BCUT2D eigenvalue weighted by molar-refractivity contribution is 0.139. The first-order valence-corrected chi connectivity index (χ1v) is 5.39. The molecule has 0 aromatic carbocycles. The van der Waals surface area contributed by atoms with Gasteiger partial charge in [0.25, 0.3) is 0 Å². The largest absolute Gasteiger partial charge is 0.382 e. The molecular formula is C11H22O. The van der Waals surface area contributed by atoms with E-state index in [1.807, 2.05) is 0 Å². The molecule has 72 valence electrons. The Kier molecular flexibility index (Phi) is 4.07. The van der Waals surface area contributed by atoms with E-state index in [0.29, 0.717) is 0 Å². The molecule has 1 saturated carbocycles. The fourth-order valence-corrected chi connectivity index (χ4v) is 2.29. The Hall–Kier alpha value is -0.0400. The summed E-state index contributed by atoms with van der Waals surface area (Å²) in [6.45, 7) is 8.59. The monoisotopic (exact) mass is 170 g/mol. The van der Waals surface area contributed by atoms with Crippen LogP contribution in [0.25, 0.3) is 0 Å². The highest BCUT2D eigenvalue weighted by atomic mass is 16.5. The molecule has 1 rings (SSSR count). The van der Waals surface area contributed by atoms with Gasteiger partial charge in [-0.3, -0.25) is 0 Å². The van der Waals surface area contributed by atoms with Crippen molar-refractivity contribution < 1.29 is 4.74 Å². The van der Waals surface area contributed by atoms with E-state index in [1.54, 1.807) is 0 Å². The smallest absolute Gasteiger partial charge is 0.0468 e. The van der Waals surface area contributed by atoms with Crippen molar-refractivity contribution >= 4 is 0 Å². The van der Waals surface area contributed by atoms with Crippen molar-refractivity contribution in [1.29, 1.82) is 0 Å². The second kappa shape index (κ2) is 4.86. The van der Waals surface area contributed by atoms with E-state index >= 15 is 0 Å². The molecule has 0 aliphatic heterocycles. The number of rotatable bonds is 6. The summed E-state index contributed by atoms with van der Waals surface area (Å²) in [7, 11) is 0. The van der Waals surface area contributed by atoms with Crippen molar-refractivity contribution in [3.8, 4) is 0 Å². The maximum absolute atomic E-state index is 5.36. The molecule has 0 aromatic rings. The van der Waals surface area contributed by atoms with Gasteiger partial charge in [-0.1, -0.05) is 26.7 Å². The van der Waals surface area contributed by atoms with E-state index in [1.165, 1.54) is 19.3 Å². The van der Waals surface area contributed by atoms with Gasteiger partial charge >= 0.3 is 0 Å². The molecule has 0 saturated heterocycles. The van der Waals surface area contributed by atoms with E-state index in [4.69, 9.17) is 4.74 Å². The van der Waals surface area contributed by atoms with E-state index in [2.05, 4.69) is 20.8 Å². The zero-order chi connectivity index (χ0) is 8.97. The van der Waals surface area contributed by atoms with Crippen molar-refractivity contribution in [3.63, 3.8) is 0 Å². The van der Waals surface area contributed by atoms with Gasteiger partial charge in [0.1, 0.15) is 0 Å². The van der Waals surface area contributed by atoms with Gasteiger partial charge in [0.05, 0.1) is 0 Å². The summed E-state index contributed by atoms with van der Waals surface area (Å²) >= 11 is 0. The minimum Gasteiger partial charge on any atom is -0.382 e. The molecular weight excluding hydrogens is 148 g/mol. The highest BCUT2D eigenvalue weighted by Gasteiger charge is 2.44. The van der Waals surface area contributed by atoms with Crippen LogP contribution >= 0.6 is 0 Å². The minimum atomic E-state index is 0.875. The van der Waals surface area contributed by atoms with Gasteiger partial charge < -0.3 is 4.74 Å². The summed E-state index contributed by atoms with van der Waals surface area (Å²) in [5.74, 6) is 2.98. The fourth-order valence-electron chi connectivity index (χ4n) is 2.29. The standard InChI is InChI=1S/C11H22O/c1-4-6-10-9(3)11(10)7-8-12-5-2/h9-11H,4-8H2,1-3H3. The predicted molar refractivity (Wildman–Crippen MR) is 52.2 cm³/mol. The van der Waals surface area contributed by atoms with Gasteiger partial charge in [-0.25, -0.2) is 0 Å². The molecule has 3 atom stereocenters. The van der Waals surface area contributed by atoms with Crippen LogP contribution in [-0.4, -0.2) is 13.2 Å². The van der Waals surface area contributed by atoms with Gasteiger partial charge in [0.2, 0.25) is 0 Å². The third-order valence-electron chi connectivity index (χ3n) is 3.18. The molecule has 1 fully saturated rings. The molecule has 0 amide bonds. The highest BCUT2D eigenvalue weighted by Crippen LogP contribution is 2.50. The Labute approximate surface area is 76.5 Å². The van der Waals surface area contributed by atoms with E-state index in [-0.39, 0.29) is 0 Å². The van der Waals surface area contributed by atoms with Crippen molar-refractivity contribution in [2.24, 2.45) is 17.8 Å². The van der Waals surface area contributed by atoms with Gasteiger partial charge in [-0.05, 0) is 31.1 Å². The SMILES string of the molecule is CCCC1C(C)C1CCOCC. The van der Waals surface area contributed by atoms with Crippen LogP contribution in [0.5, 0.6) is 0 Å². The lowest BCUT2D eigenvalue weighted by atomic mass is 10.2. The summed E-state index contributed by atoms with van der Waals surface area (Å²) in [6, 6.07) is 0. The van der Waals surface area contributed by atoms with Crippen molar-refractivity contribution in [3.05, 3.63) is 0 Å². The average Bonchev–Trinajstić information content (AvgIpc) is 2.65. The second-order valence-corrected chi connectivity index (χ2v) is 3.96. The fraction of sp³-hybridized carbons (Fsp3) is 1.00. The summed E-state index contributed by atoms with van der Waals surface area (Å²) in [5, 5.41) is 0. The van der Waals surface area contributed by atoms with Gasteiger partial charge in [0, 0.05) is 13.2 Å². The van der Waals surface area contributed by atoms with Crippen LogP contribution in [0.2, 0.25) is 0 Å². The van der Waals surface area contributed by atoms with Gasteiger partial charge in [-0.2, -0.15) is 0 Å². The lowest BCUT2D eigenvalue weighted by Gasteiger charge is -1.99. The van der Waals surface area contributed by atoms with Crippen LogP contribution in [0, 0.1) is 17.8 Å². The number of ether oxygens (including phenoxy) is 1. The van der Waals surface area contributed by atoms with Gasteiger partial charge in [-0.15, -0.1) is 0 Å². The Balaban J connectivity index is 2.03. The third-order valence-corrected chi connectivity index (χ3v) is 3.18. The van der Waals surface area contributed by atoms with Crippen molar-refractivity contribution in [1.82, 2.24) is 0 Å². The Morgan fingerprint density at radius 2 is 1.75 bits per heavy atom. The van der Waals surface area contributed by atoms with Crippen LogP contribution in [0.3, 0.4) is 0 Å². The normalized spacial score (nSPS) is 33.8. The van der Waals surface area contributed by atoms with Gasteiger partial charge in [0.15, 0.2) is 0 Å². The topological polar surface area (TPSA) is 9.23 Å². The Bertz CT molecular complexity index is 122. The van der Waals surface area contributed by atoms with Crippen molar-refractivity contribution in [2.75, 3.05) is 13.2 Å². The zero-order valence-corrected chi connectivity index (χ0v) is 8.68. The molecule has 3 unspecified atom stereocenters. The maximum Gasteiger partial charge on any atom is 0.0468 e. The number of hydrogen-bond donors (Lipinski definition) is 0. The van der Waals surface area contributed by atoms with Crippen LogP contribution in [0.4, 0.5) is 0 Å². The molecule has 0 aromatic heterocycles. The Morgan fingerprint density at radius 1 is 1.08 bits per heavy atom. The molecule has 0 spiro atoms. The van der Waals surface area contributed by atoms with Crippen LogP contribution < -0.4 is 0 Å². The second-order valence-electron chi connectivity index (χ2n) is 3.96. The molecule has 0 N–H and O–H groups in total.